The van der Waals surface area contributed by atoms with Gasteiger partial charge in [0.15, 0.2) is 17.6 Å². The Morgan fingerprint density at radius 3 is 2.40 bits per heavy atom. The SMILES string of the molecule is CCC(C)(C)CC(C)(C)c1ccc(OC(C)C(=O)O)c(CNCC(C)(C)c2nnc3cc(C45CCC(CC4)CC5)[nH]n23)c1. The van der Waals surface area contributed by atoms with Gasteiger partial charge in [-0.25, -0.2) is 9.31 Å². The third kappa shape index (κ3) is 6.50. The van der Waals surface area contributed by atoms with Crippen LogP contribution in [0.15, 0.2) is 24.3 Å². The number of carboxylic acids is 1. The first-order valence-corrected chi connectivity index (χ1v) is 16.3. The van der Waals surface area contributed by atoms with Crippen molar-refractivity contribution in [1.29, 1.82) is 0 Å². The predicted octanol–water partition coefficient (Wildman–Crippen LogP) is 7.30. The molecule has 3 aliphatic carbocycles. The molecule has 43 heavy (non-hydrogen) atoms. The predicted molar refractivity (Wildman–Crippen MR) is 171 cm³/mol. The van der Waals surface area contributed by atoms with E-state index in [4.69, 9.17) is 4.74 Å². The number of ether oxygens (including phenoxy) is 1. The maximum absolute atomic E-state index is 11.6. The summed E-state index contributed by atoms with van der Waals surface area (Å²) in [6.07, 6.45) is 9.05. The van der Waals surface area contributed by atoms with Crippen LogP contribution < -0.4 is 10.1 Å². The molecule has 1 unspecified atom stereocenters. The second-order valence-corrected chi connectivity index (χ2v) is 15.6. The van der Waals surface area contributed by atoms with Crippen molar-refractivity contribution in [3.05, 3.63) is 46.9 Å². The number of carboxylic acid groups (broad SMARTS) is 1. The van der Waals surface area contributed by atoms with Crippen molar-refractivity contribution < 1.29 is 14.6 Å². The smallest absolute Gasteiger partial charge is 0.344 e. The molecule has 0 spiro atoms. The van der Waals surface area contributed by atoms with Gasteiger partial charge in [0.2, 0.25) is 0 Å². The monoisotopic (exact) mass is 591 g/mol. The molecule has 0 amide bonds. The number of nitrogens with zero attached hydrogens (tertiary/aromatic N) is 3. The van der Waals surface area contributed by atoms with E-state index in [2.05, 4.69) is 91.8 Å². The third-order valence-electron chi connectivity index (χ3n) is 10.7. The minimum atomic E-state index is -0.976. The molecular weight excluding hydrogens is 538 g/mol. The largest absolute Gasteiger partial charge is 0.479 e. The van der Waals surface area contributed by atoms with Crippen LogP contribution in [0.25, 0.3) is 5.65 Å². The molecule has 2 bridgehead atoms. The fraction of sp³-hybridized carbons (Fsp3) is 0.686. The molecule has 3 aromatic rings. The Morgan fingerprint density at radius 1 is 1.09 bits per heavy atom. The summed E-state index contributed by atoms with van der Waals surface area (Å²) in [7, 11) is 0. The molecule has 236 valence electrons. The summed E-state index contributed by atoms with van der Waals surface area (Å²) in [5, 5.41) is 26.1. The van der Waals surface area contributed by atoms with Gasteiger partial charge in [0, 0.05) is 41.2 Å². The highest BCUT2D eigenvalue weighted by Crippen LogP contribution is 2.51. The second-order valence-electron chi connectivity index (χ2n) is 15.6. The van der Waals surface area contributed by atoms with Crippen LogP contribution in [0.4, 0.5) is 0 Å². The molecule has 6 rings (SSSR count). The van der Waals surface area contributed by atoms with Crippen LogP contribution in [-0.4, -0.2) is 43.5 Å². The van der Waals surface area contributed by atoms with Gasteiger partial charge in [0.1, 0.15) is 5.75 Å². The van der Waals surface area contributed by atoms with Gasteiger partial charge in [-0.05, 0) is 80.2 Å². The number of carbonyl (C=O) groups is 1. The van der Waals surface area contributed by atoms with Crippen molar-refractivity contribution >= 4 is 11.6 Å². The van der Waals surface area contributed by atoms with E-state index in [0.29, 0.717) is 18.8 Å². The molecule has 0 saturated heterocycles. The van der Waals surface area contributed by atoms with Gasteiger partial charge < -0.3 is 15.2 Å². The summed E-state index contributed by atoms with van der Waals surface area (Å²) in [4.78, 5) is 11.6. The van der Waals surface area contributed by atoms with Gasteiger partial charge in [-0.15, -0.1) is 10.2 Å². The van der Waals surface area contributed by atoms with Crippen LogP contribution in [0.1, 0.15) is 129 Å². The van der Waals surface area contributed by atoms with Crippen molar-refractivity contribution in [3.8, 4) is 5.75 Å². The number of aliphatic carboxylic acids is 1. The summed E-state index contributed by atoms with van der Waals surface area (Å²) >= 11 is 0. The van der Waals surface area contributed by atoms with Gasteiger partial charge in [-0.2, -0.15) is 0 Å². The van der Waals surface area contributed by atoms with E-state index >= 15 is 0 Å². The lowest BCUT2D eigenvalue weighted by Crippen LogP contribution is -2.38. The zero-order chi connectivity index (χ0) is 31.2. The Kier molecular flexibility index (Phi) is 8.49. The van der Waals surface area contributed by atoms with E-state index in [0.717, 1.165) is 35.8 Å². The fourth-order valence-corrected chi connectivity index (χ4v) is 7.65. The number of fused-ring (bicyclic) bond motifs is 4. The molecule has 0 aliphatic heterocycles. The summed E-state index contributed by atoms with van der Waals surface area (Å²) < 4.78 is 8.01. The van der Waals surface area contributed by atoms with Crippen molar-refractivity contribution in [3.63, 3.8) is 0 Å². The van der Waals surface area contributed by atoms with E-state index in [-0.39, 0.29) is 21.7 Å². The number of aromatic nitrogens is 4. The first-order chi connectivity index (χ1) is 20.1. The molecule has 1 aromatic carbocycles. The van der Waals surface area contributed by atoms with Crippen LogP contribution in [0.5, 0.6) is 5.75 Å². The fourth-order valence-electron chi connectivity index (χ4n) is 7.65. The molecule has 3 saturated carbocycles. The topological polar surface area (TPSA) is 105 Å². The zero-order valence-corrected chi connectivity index (χ0v) is 27.6. The van der Waals surface area contributed by atoms with Crippen molar-refractivity contribution in [2.75, 3.05) is 6.54 Å². The Morgan fingerprint density at radius 2 is 1.77 bits per heavy atom. The van der Waals surface area contributed by atoms with E-state index < -0.39 is 12.1 Å². The number of rotatable bonds is 13. The molecule has 3 N–H and O–H groups in total. The summed E-state index contributed by atoms with van der Waals surface area (Å²) in [6, 6.07) is 8.46. The molecule has 2 aromatic heterocycles. The summed E-state index contributed by atoms with van der Waals surface area (Å²) in [5.74, 6) is 1.47. The third-order valence-corrected chi connectivity index (χ3v) is 10.7. The average molecular weight is 592 g/mol. The Balaban J connectivity index is 1.35. The van der Waals surface area contributed by atoms with Crippen molar-refractivity contribution in [2.24, 2.45) is 11.3 Å². The summed E-state index contributed by atoms with van der Waals surface area (Å²) in [5.41, 5.74) is 4.55. The molecule has 8 heteroatoms. The molecule has 0 radical (unpaired) electrons. The van der Waals surface area contributed by atoms with Crippen molar-refractivity contribution in [2.45, 2.75) is 136 Å². The lowest BCUT2D eigenvalue weighted by atomic mass is 9.59. The summed E-state index contributed by atoms with van der Waals surface area (Å²) in [6.45, 7) is 18.6. The molecule has 8 nitrogen and oxygen atoms in total. The van der Waals surface area contributed by atoms with Gasteiger partial charge >= 0.3 is 5.97 Å². The first-order valence-electron chi connectivity index (χ1n) is 16.3. The molecule has 2 heterocycles. The van der Waals surface area contributed by atoms with Crippen LogP contribution in [0.3, 0.4) is 0 Å². The molecule has 1 atom stereocenters. The number of nitrogens with one attached hydrogen (secondary N) is 2. The van der Waals surface area contributed by atoms with Gasteiger partial charge in [-0.3, -0.25) is 5.10 Å². The molecule has 3 fully saturated rings. The number of benzene rings is 1. The van der Waals surface area contributed by atoms with E-state index in [1.165, 1.54) is 49.8 Å². The standard InChI is InChI=1S/C35H53N5O3/c1-9-32(3,4)21-33(5,6)26-10-11-27(43-23(2)30(41)42)25(18-26)20-36-22-34(7,8)31-38-37-29-19-28(39-40(29)31)35-15-12-24(13-16-35)14-17-35/h10-11,18-19,23-24,36,39H,9,12-17,20-22H2,1-8H3,(H,41,42). The second kappa shape index (κ2) is 11.6. The minimum absolute atomic E-state index is 0.0417. The van der Waals surface area contributed by atoms with Gasteiger partial charge in [0.25, 0.3) is 0 Å². The highest BCUT2D eigenvalue weighted by molar-refractivity contribution is 5.72. The quantitative estimate of drug-likeness (QED) is 0.193. The van der Waals surface area contributed by atoms with Crippen LogP contribution >= 0.6 is 0 Å². The number of aromatic amines is 1. The minimum Gasteiger partial charge on any atom is -0.479 e. The van der Waals surface area contributed by atoms with Crippen LogP contribution in [0.2, 0.25) is 0 Å². The lowest BCUT2D eigenvalue weighted by molar-refractivity contribution is -0.144. The van der Waals surface area contributed by atoms with E-state index in [9.17, 15) is 9.90 Å². The molecular formula is C35H53N5O3. The van der Waals surface area contributed by atoms with Crippen LogP contribution in [-0.2, 0) is 27.6 Å². The number of H-pyrrole nitrogens is 1. The maximum Gasteiger partial charge on any atom is 0.344 e. The first kappa shape index (κ1) is 31.6. The van der Waals surface area contributed by atoms with E-state index in [1.54, 1.807) is 6.92 Å². The van der Waals surface area contributed by atoms with Gasteiger partial charge in [0.05, 0.1) is 0 Å². The highest BCUT2D eigenvalue weighted by Gasteiger charge is 2.43. The van der Waals surface area contributed by atoms with Gasteiger partial charge in [-0.1, -0.05) is 67.0 Å². The number of hydrogen-bond acceptors (Lipinski definition) is 5. The van der Waals surface area contributed by atoms with Crippen molar-refractivity contribution in [1.82, 2.24) is 25.1 Å². The van der Waals surface area contributed by atoms with E-state index in [1.807, 2.05) is 6.07 Å². The Hall–Kier alpha value is -2.87. The highest BCUT2D eigenvalue weighted by atomic mass is 16.5. The average Bonchev–Trinajstić information content (AvgIpc) is 3.56. The number of hydrogen-bond donors (Lipinski definition) is 3. The zero-order valence-electron chi connectivity index (χ0n) is 27.6. The van der Waals surface area contributed by atoms with Crippen LogP contribution in [0, 0.1) is 11.3 Å². The Labute approximate surface area is 257 Å². The normalized spacial score (nSPS) is 21.8. The molecule has 3 aliphatic rings. The Bertz CT molecular complexity index is 1430. The maximum atomic E-state index is 11.6. The lowest BCUT2D eigenvalue weighted by Gasteiger charge is -2.46.